The van der Waals surface area contributed by atoms with E-state index in [0.717, 1.165) is 51.7 Å². The SMILES string of the molecule is CCCN1CCC(N(C2CC2)S(=O)(=O)c2ccc(NC(=O)c3cccs3)cc2)CC1. The van der Waals surface area contributed by atoms with Crippen molar-refractivity contribution >= 4 is 33.0 Å². The Morgan fingerprint density at radius 1 is 1.10 bits per heavy atom. The second-order valence-corrected chi connectivity index (χ2v) is 10.9. The van der Waals surface area contributed by atoms with E-state index in [-0.39, 0.29) is 18.0 Å². The molecule has 1 aliphatic carbocycles. The van der Waals surface area contributed by atoms with Crippen molar-refractivity contribution in [2.24, 2.45) is 0 Å². The van der Waals surface area contributed by atoms with Gasteiger partial charge in [0.2, 0.25) is 10.0 Å². The van der Waals surface area contributed by atoms with E-state index in [4.69, 9.17) is 0 Å². The molecule has 0 radical (unpaired) electrons. The lowest BCUT2D eigenvalue weighted by molar-refractivity contribution is 0.103. The number of carbonyl (C=O) groups is 1. The molecular weight excluding hydrogens is 418 g/mol. The van der Waals surface area contributed by atoms with Crippen LogP contribution in [-0.2, 0) is 10.0 Å². The lowest BCUT2D eigenvalue weighted by atomic mass is 10.0. The minimum atomic E-state index is -3.55. The summed E-state index contributed by atoms with van der Waals surface area (Å²) >= 11 is 1.37. The van der Waals surface area contributed by atoms with Crippen LogP contribution in [0, 0.1) is 0 Å². The average molecular weight is 448 g/mol. The summed E-state index contributed by atoms with van der Waals surface area (Å²) in [5.41, 5.74) is 0.596. The maximum Gasteiger partial charge on any atom is 0.265 e. The minimum absolute atomic E-state index is 0.0776. The highest BCUT2D eigenvalue weighted by Gasteiger charge is 2.43. The Morgan fingerprint density at radius 3 is 2.33 bits per heavy atom. The molecule has 1 aliphatic heterocycles. The van der Waals surface area contributed by atoms with Gasteiger partial charge < -0.3 is 10.2 Å². The van der Waals surface area contributed by atoms with Gasteiger partial charge in [-0.15, -0.1) is 11.3 Å². The van der Waals surface area contributed by atoms with Crippen molar-refractivity contribution in [3.05, 3.63) is 46.7 Å². The molecule has 0 atom stereocenters. The van der Waals surface area contributed by atoms with Crippen LogP contribution in [0.3, 0.4) is 0 Å². The Bertz CT molecular complexity index is 946. The molecule has 2 aromatic rings. The second kappa shape index (κ2) is 9.18. The topological polar surface area (TPSA) is 69.7 Å². The van der Waals surface area contributed by atoms with E-state index in [0.29, 0.717) is 15.5 Å². The molecular formula is C22H29N3O3S2. The molecule has 1 amide bonds. The van der Waals surface area contributed by atoms with E-state index in [1.165, 1.54) is 11.3 Å². The van der Waals surface area contributed by atoms with Gasteiger partial charge in [0, 0.05) is 17.8 Å². The van der Waals surface area contributed by atoms with E-state index in [9.17, 15) is 13.2 Å². The fraction of sp³-hybridized carbons (Fsp3) is 0.500. The largest absolute Gasteiger partial charge is 0.321 e. The summed E-state index contributed by atoms with van der Waals surface area (Å²) in [5, 5.41) is 4.68. The van der Waals surface area contributed by atoms with Crippen LogP contribution in [0.1, 0.15) is 48.7 Å². The fourth-order valence-corrected chi connectivity index (χ4v) is 6.71. The van der Waals surface area contributed by atoms with Crippen LogP contribution in [0.5, 0.6) is 0 Å². The highest BCUT2D eigenvalue weighted by atomic mass is 32.2. The molecule has 0 bridgehead atoms. The average Bonchev–Trinajstić information content (AvgIpc) is 3.40. The van der Waals surface area contributed by atoms with Gasteiger partial charge in [0.1, 0.15) is 0 Å². The maximum absolute atomic E-state index is 13.5. The third kappa shape index (κ3) is 4.77. The van der Waals surface area contributed by atoms with Gasteiger partial charge in [-0.3, -0.25) is 4.79 Å². The number of benzene rings is 1. The quantitative estimate of drug-likeness (QED) is 0.663. The third-order valence-corrected chi connectivity index (χ3v) is 8.68. The number of anilines is 1. The molecule has 8 heteroatoms. The fourth-order valence-electron chi connectivity index (χ4n) is 4.17. The van der Waals surface area contributed by atoms with Crippen LogP contribution in [0.15, 0.2) is 46.7 Å². The first-order valence-corrected chi connectivity index (χ1v) is 13.0. The van der Waals surface area contributed by atoms with Gasteiger partial charge in [0.05, 0.1) is 9.77 Å². The van der Waals surface area contributed by atoms with Crippen molar-refractivity contribution in [3.63, 3.8) is 0 Å². The molecule has 0 spiro atoms. The van der Waals surface area contributed by atoms with Gasteiger partial charge in [0.25, 0.3) is 5.91 Å². The van der Waals surface area contributed by atoms with Crippen LogP contribution >= 0.6 is 11.3 Å². The van der Waals surface area contributed by atoms with Gasteiger partial charge in [-0.05, 0) is 87.5 Å². The molecule has 1 N–H and O–H groups in total. The first-order chi connectivity index (χ1) is 14.5. The van der Waals surface area contributed by atoms with Crippen molar-refractivity contribution < 1.29 is 13.2 Å². The standard InChI is InChI=1S/C22H29N3O3S2/c1-2-13-24-14-11-19(12-15-24)25(18-7-8-18)30(27,28)20-9-5-17(6-10-20)23-22(26)21-4-3-16-29-21/h3-6,9-10,16,18-19H,2,7-8,11-15H2,1H3,(H,23,26). The van der Waals surface area contributed by atoms with Gasteiger partial charge in [-0.2, -0.15) is 4.31 Å². The van der Waals surface area contributed by atoms with Gasteiger partial charge in [-0.25, -0.2) is 8.42 Å². The van der Waals surface area contributed by atoms with E-state index in [2.05, 4.69) is 17.1 Å². The third-order valence-electron chi connectivity index (χ3n) is 5.80. The summed E-state index contributed by atoms with van der Waals surface area (Å²) in [6, 6.07) is 10.4. The first-order valence-electron chi connectivity index (χ1n) is 10.7. The number of piperidine rings is 1. The Kier molecular flexibility index (Phi) is 6.57. The number of amides is 1. The summed E-state index contributed by atoms with van der Waals surface area (Å²) in [6.45, 7) is 5.19. The molecule has 2 heterocycles. The lowest BCUT2D eigenvalue weighted by Crippen LogP contribution is -2.48. The highest BCUT2D eigenvalue weighted by molar-refractivity contribution is 7.89. The number of sulfonamides is 1. The van der Waals surface area contributed by atoms with Crippen LogP contribution in [0.4, 0.5) is 5.69 Å². The Hall–Kier alpha value is -1.74. The van der Waals surface area contributed by atoms with E-state index >= 15 is 0 Å². The molecule has 30 heavy (non-hydrogen) atoms. The number of thiophene rings is 1. The number of nitrogens with one attached hydrogen (secondary N) is 1. The predicted molar refractivity (Wildman–Crippen MR) is 121 cm³/mol. The number of hydrogen-bond donors (Lipinski definition) is 1. The Labute approximate surface area is 182 Å². The van der Waals surface area contributed by atoms with Crippen molar-refractivity contribution in [3.8, 4) is 0 Å². The minimum Gasteiger partial charge on any atom is -0.321 e. The van der Waals surface area contributed by atoms with Crippen molar-refractivity contribution in [2.75, 3.05) is 25.0 Å². The van der Waals surface area contributed by atoms with Gasteiger partial charge in [0.15, 0.2) is 0 Å². The lowest BCUT2D eigenvalue weighted by Gasteiger charge is -2.38. The van der Waals surface area contributed by atoms with Crippen LogP contribution < -0.4 is 5.32 Å². The number of carbonyl (C=O) groups excluding carboxylic acids is 1. The molecule has 1 aromatic carbocycles. The van der Waals surface area contributed by atoms with Crippen molar-refractivity contribution in [2.45, 2.75) is 56.0 Å². The van der Waals surface area contributed by atoms with Gasteiger partial charge in [-0.1, -0.05) is 13.0 Å². The van der Waals surface area contributed by atoms with E-state index < -0.39 is 10.0 Å². The second-order valence-electron chi connectivity index (χ2n) is 8.09. The summed E-state index contributed by atoms with van der Waals surface area (Å²) in [4.78, 5) is 15.6. The van der Waals surface area contributed by atoms with Crippen LogP contribution in [0.2, 0.25) is 0 Å². The number of likely N-dealkylation sites (tertiary alicyclic amines) is 1. The smallest absolute Gasteiger partial charge is 0.265 e. The molecule has 162 valence electrons. The molecule has 1 aromatic heterocycles. The van der Waals surface area contributed by atoms with Gasteiger partial charge >= 0.3 is 0 Å². The van der Waals surface area contributed by atoms with Crippen molar-refractivity contribution in [1.29, 1.82) is 0 Å². The number of nitrogens with zero attached hydrogens (tertiary/aromatic N) is 2. The summed E-state index contributed by atoms with van der Waals surface area (Å²) in [5.74, 6) is -0.181. The zero-order valence-corrected chi connectivity index (χ0v) is 18.9. The van der Waals surface area contributed by atoms with Crippen LogP contribution in [-0.4, -0.2) is 55.2 Å². The normalized spacial score (nSPS) is 18.6. The van der Waals surface area contributed by atoms with Crippen molar-refractivity contribution in [1.82, 2.24) is 9.21 Å². The zero-order chi connectivity index (χ0) is 21.1. The predicted octanol–water partition coefficient (Wildman–Crippen LogP) is 4.03. The molecule has 2 aliphatic rings. The van der Waals surface area contributed by atoms with E-state index in [1.54, 1.807) is 34.6 Å². The zero-order valence-electron chi connectivity index (χ0n) is 17.3. The molecule has 0 unspecified atom stereocenters. The Balaban J connectivity index is 1.46. The monoisotopic (exact) mass is 447 g/mol. The molecule has 1 saturated carbocycles. The summed E-state index contributed by atoms with van der Waals surface area (Å²) in [7, 11) is -3.55. The maximum atomic E-state index is 13.5. The molecule has 4 rings (SSSR count). The molecule has 2 fully saturated rings. The summed E-state index contributed by atoms with van der Waals surface area (Å²) in [6.07, 6.45) is 4.81. The molecule has 6 nitrogen and oxygen atoms in total. The highest BCUT2D eigenvalue weighted by Crippen LogP contribution is 2.37. The van der Waals surface area contributed by atoms with Crippen LogP contribution in [0.25, 0.3) is 0 Å². The summed E-state index contributed by atoms with van der Waals surface area (Å²) < 4.78 is 28.7. The number of hydrogen-bond acceptors (Lipinski definition) is 5. The Morgan fingerprint density at radius 2 is 1.77 bits per heavy atom. The van der Waals surface area contributed by atoms with E-state index in [1.807, 2.05) is 11.4 Å². The first kappa shape index (κ1) is 21.5. The molecule has 1 saturated heterocycles. The number of rotatable bonds is 8.